The van der Waals surface area contributed by atoms with E-state index in [0.29, 0.717) is 35.4 Å². The lowest BCUT2D eigenvalue weighted by molar-refractivity contribution is -0.138. The van der Waals surface area contributed by atoms with Gasteiger partial charge < -0.3 is 19.5 Å². The van der Waals surface area contributed by atoms with Gasteiger partial charge in [-0.25, -0.2) is 4.79 Å². The Balaban J connectivity index is 1.81. The summed E-state index contributed by atoms with van der Waals surface area (Å²) in [7, 11) is 1.64. The van der Waals surface area contributed by atoms with Crippen molar-refractivity contribution < 1.29 is 23.8 Å². The molecule has 2 aromatic carbocycles. The van der Waals surface area contributed by atoms with Gasteiger partial charge in [0.1, 0.15) is 11.5 Å². The first-order valence-electron chi connectivity index (χ1n) is 12.1. The number of ether oxygens (including phenoxy) is 3. The van der Waals surface area contributed by atoms with Crippen LogP contribution < -0.4 is 14.8 Å². The van der Waals surface area contributed by atoms with Gasteiger partial charge in [0.05, 0.1) is 31.3 Å². The molecular formula is C29H33NO5. The fraction of sp³-hybridized carbons (Fsp3) is 0.379. The maximum absolute atomic E-state index is 13.7. The van der Waals surface area contributed by atoms with Gasteiger partial charge in [0.25, 0.3) is 0 Å². The number of allylic oxidation sites excluding steroid dienone is 3. The van der Waals surface area contributed by atoms with Crippen LogP contribution in [-0.2, 0) is 14.3 Å². The third-order valence-corrected chi connectivity index (χ3v) is 6.50. The predicted molar refractivity (Wildman–Crippen MR) is 134 cm³/mol. The number of para-hydroxylation sites is 1. The van der Waals surface area contributed by atoms with Crippen LogP contribution in [0.3, 0.4) is 0 Å². The van der Waals surface area contributed by atoms with E-state index in [1.54, 1.807) is 14.0 Å². The van der Waals surface area contributed by atoms with Crippen molar-refractivity contribution in [1.82, 2.24) is 5.32 Å². The first-order valence-corrected chi connectivity index (χ1v) is 12.1. The molecule has 1 heterocycles. The SMILES string of the molecule is CCOC(=O)C1=C(C)NC2=C(C(=O)C[C@H](c3ccc(OC)cc3)C2)[C@@H]1c1ccccc1OC(C)C. The summed E-state index contributed by atoms with van der Waals surface area (Å²) in [6.45, 7) is 7.83. The van der Waals surface area contributed by atoms with Crippen molar-refractivity contribution in [1.29, 1.82) is 0 Å². The smallest absolute Gasteiger partial charge is 0.336 e. The van der Waals surface area contributed by atoms with E-state index in [0.717, 1.165) is 22.6 Å². The molecule has 4 rings (SSSR count). The van der Waals surface area contributed by atoms with Gasteiger partial charge in [0.15, 0.2) is 5.78 Å². The molecule has 0 spiro atoms. The molecule has 1 N–H and O–H groups in total. The molecule has 184 valence electrons. The number of rotatable bonds is 7. The number of dihydropyridines is 1. The Morgan fingerprint density at radius 1 is 1.09 bits per heavy atom. The minimum atomic E-state index is -0.551. The van der Waals surface area contributed by atoms with E-state index in [1.807, 2.05) is 69.3 Å². The van der Waals surface area contributed by atoms with Gasteiger partial charge in [-0.2, -0.15) is 0 Å². The first kappa shape index (κ1) is 24.6. The van der Waals surface area contributed by atoms with Gasteiger partial charge in [-0.3, -0.25) is 4.79 Å². The van der Waals surface area contributed by atoms with Crippen LogP contribution in [0, 0.1) is 0 Å². The van der Waals surface area contributed by atoms with Crippen molar-refractivity contribution in [2.75, 3.05) is 13.7 Å². The van der Waals surface area contributed by atoms with Crippen LogP contribution in [0.25, 0.3) is 0 Å². The van der Waals surface area contributed by atoms with Crippen LogP contribution in [0.15, 0.2) is 71.1 Å². The summed E-state index contributed by atoms with van der Waals surface area (Å²) in [5, 5.41) is 3.39. The van der Waals surface area contributed by atoms with Crippen LogP contribution in [0.2, 0.25) is 0 Å². The fourth-order valence-electron chi connectivity index (χ4n) is 5.02. The van der Waals surface area contributed by atoms with E-state index in [-0.39, 0.29) is 24.4 Å². The molecule has 0 fully saturated rings. The second kappa shape index (κ2) is 10.4. The fourth-order valence-corrected chi connectivity index (χ4v) is 5.02. The molecule has 6 nitrogen and oxygen atoms in total. The van der Waals surface area contributed by atoms with Crippen molar-refractivity contribution in [3.63, 3.8) is 0 Å². The van der Waals surface area contributed by atoms with Gasteiger partial charge in [-0.15, -0.1) is 0 Å². The molecule has 0 bridgehead atoms. The third-order valence-electron chi connectivity index (χ3n) is 6.50. The zero-order valence-corrected chi connectivity index (χ0v) is 21.0. The zero-order valence-electron chi connectivity index (χ0n) is 21.0. The van der Waals surface area contributed by atoms with Gasteiger partial charge in [0.2, 0.25) is 0 Å². The molecule has 0 amide bonds. The van der Waals surface area contributed by atoms with E-state index < -0.39 is 11.9 Å². The highest BCUT2D eigenvalue weighted by atomic mass is 16.5. The van der Waals surface area contributed by atoms with Crippen LogP contribution in [0.5, 0.6) is 11.5 Å². The molecule has 6 heteroatoms. The van der Waals surface area contributed by atoms with Gasteiger partial charge in [-0.1, -0.05) is 30.3 Å². The van der Waals surface area contributed by atoms with E-state index >= 15 is 0 Å². The summed E-state index contributed by atoms with van der Waals surface area (Å²) in [6.07, 6.45) is 0.986. The highest BCUT2D eigenvalue weighted by Gasteiger charge is 2.42. The second-order valence-electron chi connectivity index (χ2n) is 9.22. The van der Waals surface area contributed by atoms with E-state index in [2.05, 4.69) is 5.32 Å². The normalized spacial score (nSPS) is 19.9. The Bertz CT molecular complexity index is 1180. The lowest BCUT2D eigenvalue weighted by atomic mass is 9.71. The lowest BCUT2D eigenvalue weighted by Gasteiger charge is -2.37. The summed E-state index contributed by atoms with van der Waals surface area (Å²) in [5.41, 5.74) is 4.54. The Morgan fingerprint density at radius 3 is 2.46 bits per heavy atom. The molecular weight excluding hydrogens is 442 g/mol. The van der Waals surface area contributed by atoms with Crippen LogP contribution in [0.4, 0.5) is 0 Å². The predicted octanol–water partition coefficient (Wildman–Crippen LogP) is 5.41. The van der Waals surface area contributed by atoms with Gasteiger partial charge in [0, 0.05) is 29.0 Å². The molecule has 35 heavy (non-hydrogen) atoms. The minimum Gasteiger partial charge on any atom is -0.497 e. The monoisotopic (exact) mass is 475 g/mol. The minimum absolute atomic E-state index is 0.0261. The van der Waals surface area contributed by atoms with Gasteiger partial charge >= 0.3 is 5.97 Å². The average Bonchev–Trinajstić information content (AvgIpc) is 2.83. The number of esters is 1. The molecule has 0 unspecified atom stereocenters. The summed E-state index contributed by atoms with van der Waals surface area (Å²) >= 11 is 0. The van der Waals surface area contributed by atoms with Crippen molar-refractivity contribution in [2.45, 2.75) is 58.5 Å². The van der Waals surface area contributed by atoms with Crippen molar-refractivity contribution in [3.8, 4) is 11.5 Å². The van der Waals surface area contributed by atoms with Crippen molar-refractivity contribution in [3.05, 3.63) is 82.2 Å². The summed E-state index contributed by atoms with van der Waals surface area (Å²) in [4.78, 5) is 26.9. The number of nitrogens with one attached hydrogen (secondary N) is 1. The van der Waals surface area contributed by atoms with Crippen LogP contribution in [-0.4, -0.2) is 31.6 Å². The molecule has 2 aromatic rings. The number of Topliss-reactive ketones (excluding diaryl/α,β-unsaturated/α-hetero) is 1. The topological polar surface area (TPSA) is 73.9 Å². The number of carbonyl (C=O) groups is 2. The quantitative estimate of drug-likeness (QED) is 0.540. The molecule has 0 saturated carbocycles. The molecule has 0 aromatic heterocycles. The Labute approximate surface area is 207 Å². The van der Waals surface area contributed by atoms with Gasteiger partial charge in [-0.05, 0) is 63.8 Å². The third kappa shape index (κ3) is 4.97. The Kier molecular flexibility index (Phi) is 7.29. The van der Waals surface area contributed by atoms with Crippen molar-refractivity contribution >= 4 is 11.8 Å². The number of hydrogen-bond acceptors (Lipinski definition) is 6. The largest absolute Gasteiger partial charge is 0.497 e. The lowest BCUT2D eigenvalue weighted by Crippen LogP contribution is -2.36. The number of methoxy groups -OCH3 is 1. The van der Waals surface area contributed by atoms with E-state index in [1.165, 1.54) is 0 Å². The molecule has 2 aliphatic rings. The number of benzene rings is 2. The molecule has 0 radical (unpaired) electrons. The first-order chi connectivity index (χ1) is 16.8. The summed E-state index contributed by atoms with van der Waals surface area (Å²) in [6, 6.07) is 15.5. The van der Waals surface area contributed by atoms with Crippen molar-refractivity contribution in [2.24, 2.45) is 0 Å². The summed E-state index contributed by atoms with van der Waals surface area (Å²) in [5.74, 6) is 0.549. The zero-order chi connectivity index (χ0) is 25.1. The number of hydrogen-bond donors (Lipinski definition) is 1. The molecule has 1 aliphatic heterocycles. The number of ketones is 1. The second-order valence-corrected chi connectivity index (χ2v) is 9.22. The van der Waals surface area contributed by atoms with Crippen LogP contribution in [0.1, 0.15) is 63.5 Å². The maximum Gasteiger partial charge on any atom is 0.336 e. The standard InChI is InChI=1S/C29H33NO5/c1-6-34-29(32)26-18(4)30-23-15-20(19-11-13-21(33-5)14-12-19)16-24(31)28(23)27(26)22-9-7-8-10-25(22)35-17(2)3/h7-14,17,20,27,30H,6,15-16H2,1-5H3/t20-,27-/m1/s1. The van der Waals surface area contributed by atoms with E-state index in [4.69, 9.17) is 14.2 Å². The average molecular weight is 476 g/mol. The summed E-state index contributed by atoms with van der Waals surface area (Å²) < 4.78 is 16.8. The van der Waals surface area contributed by atoms with Crippen LogP contribution >= 0.6 is 0 Å². The molecule has 0 saturated heterocycles. The highest BCUT2D eigenvalue weighted by molar-refractivity contribution is 6.04. The maximum atomic E-state index is 13.7. The molecule has 2 atom stereocenters. The Morgan fingerprint density at radius 2 is 1.80 bits per heavy atom. The van der Waals surface area contributed by atoms with E-state index in [9.17, 15) is 9.59 Å². The molecule has 1 aliphatic carbocycles. The Hall–Kier alpha value is -3.54. The highest BCUT2D eigenvalue weighted by Crippen LogP contribution is 2.47. The number of carbonyl (C=O) groups excluding carboxylic acids is 2.